The highest BCUT2D eigenvalue weighted by Gasteiger charge is 2.46. The van der Waals surface area contributed by atoms with Crippen LogP contribution in [0.4, 0.5) is 0 Å². The summed E-state index contributed by atoms with van der Waals surface area (Å²) in [6.07, 6.45) is 3.72. The first kappa shape index (κ1) is 8.73. The lowest BCUT2D eigenvalue weighted by Crippen LogP contribution is -2.39. The Hall–Kier alpha value is -0.860. The van der Waals surface area contributed by atoms with Gasteiger partial charge in [-0.2, -0.15) is 0 Å². The zero-order valence-corrected chi connectivity index (χ0v) is 7.95. The molecule has 2 atom stereocenters. The van der Waals surface area contributed by atoms with Gasteiger partial charge in [0.1, 0.15) is 0 Å². The third kappa shape index (κ3) is 1.18. The summed E-state index contributed by atoms with van der Waals surface area (Å²) in [6.45, 7) is 2.71. The van der Waals surface area contributed by atoms with E-state index >= 15 is 0 Å². The van der Waals surface area contributed by atoms with E-state index < -0.39 is 0 Å². The molecule has 3 heteroatoms. The standard InChI is InChI=1S/C10H15NO2/c1-2-7-9(12)8-5-3-4-6-11(8)10(7)13/h7-8H,2-6H2,1H3. The zero-order chi connectivity index (χ0) is 9.42. The molecule has 13 heavy (non-hydrogen) atoms. The third-order valence-electron chi connectivity index (χ3n) is 3.16. The molecule has 2 rings (SSSR count). The first-order valence-electron chi connectivity index (χ1n) is 5.10. The van der Waals surface area contributed by atoms with Crippen LogP contribution in [-0.2, 0) is 9.59 Å². The molecular formula is C10H15NO2. The van der Waals surface area contributed by atoms with Crippen LogP contribution in [0.15, 0.2) is 0 Å². The van der Waals surface area contributed by atoms with Gasteiger partial charge in [0.2, 0.25) is 5.91 Å². The van der Waals surface area contributed by atoms with Gasteiger partial charge in [-0.3, -0.25) is 9.59 Å². The molecule has 0 aromatic heterocycles. The van der Waals surface area contributed by atoms with Crippen LogP contribution in [0.3, 0.4) is 0 Å². The SMILES string of the molecule is CCC1C(=O)C2CCCCN2C1=O. The molecule has 0 aromatic carbocycles. The Kier molecular flexibility index (Phi) is 2.10. The molecule has 2 heterocycles. The van der Waals surface area contributed by atoms with Gasteiger partial charge >= 0.3 is 0 Å². The number of carbonyl (C=O) groups is 2. The first-order valence-corrected chi connectivity index (χ1v) is 5.10. The molecule has 0 saturated carbocycles. The molecule has 0 N–H and O–H groups in total. The van der Waals surface area contributed by atoms with Crippen molar-refractivity contribution in [2.75, 3.05) is 6.54 Å². The molecule has 2 aliphatic rings. The molecule has 0 radical (unpaired) electrons. The maximum absolute atomic E-state index is 11.7. The largest absolute Gasteiger partial charge is 0.332 e. The second-order valence-corrected chi connectivity index (χ2v) is 3.91. The molecule has 3 nitrogen and oxygen atoms in total. The van der Waals surface area contributed by atoms with E-state index in [0.29, 0.717) is 6.42 Å². The fourth-order valence-corrected chi connectivity index (χ4v) is 2.42. The molecule has 2 fully saturated rings. The van der Waals surface area contributed by atoms with E-state index in [9.17, 15) is 9.59 Å². The monoisotopic (exact) mass is 181 g/mol. The van der Waals surface area contributed by atoms with Crippen molar-refractivity contribution >= 4 is 11.7 Å². The number of nitrogens with zero attached hydrogens (tertiary/aromatic N) is 1. The van der Waals surface area contributed by atoms with E-state index in [2.05, 4.69) is 0 Å². The molecule has 72 valence electrons. The lowest BCUT2D eigenvalue weighted by molar-refractivity contribution is -0.133. The fourth-order valence-electron chi connectivity index (χ4n) is 2.42. The smallest absolute Gasteiger partial charge is 0.233 e. The summed E-state index contributed by atoms with van der Waals surface area (Å²) in [5.74, 6) is -0.0625. The van der Waals surface area contributed by atoms with Crippen molar-refractivity contribution in [2.24, 2.45) is 5.92 Å². The van der Waals surface area contributed by atoms with Gasteiger partial charge in [0.15, 0.2) is 5.78 Å². The van der Waals surface area contributed by atoms with E-state index in [0.717, 1.165) is 25.8 Å². The number of carbonyl (C=O) groups excluding carboxylic acids is 2. The summed E-state index contributed by atoms with van der Waals surface area (Å²) in [5, 5.41) is 0. The predicted molar refractivity (Wildman–Crippen MR) is 48.1 cm³/mol. The second-order valence-electron chi connectivity index (χ2n) is 3.91. The van der Waals surface area contributed by atoms with E-state index in [-0.39, 0.29) is 23.7 Å². The van der Waals surface area contributed by atoms with Crippen molar-refractivity contribution in [1.29, 1.82) is 0 Å². The van der Waals surface area contributed by atoms with Crippen LogP contribution < -0.4 is 0 Å². The molecule has 2 saturated heterocycles. The van der Waals surface area contributed by atoms with Gasteiger partial charge in [0, 0.05) is 6.54 Å². The van der Waals surface area contributed by atoms with Crippen molar-refractivity contribution in [3.63, 3.8) is 0 Å². The van der Waals surface area contributed by atoms with Crippen molar-refractivity contribution in [3.8, 4) is 0 Å². The molecule has 0 bridgehead atoms. The fraction of sp³-hybridized carbons (Fsp3) is 0.800. The van der Waals surface area contributed by atoms with E-state index in [4.69, 9.17) is 0 Å². The predicted octanol–water partition coefficient (Wildman–Crippen LogP) is 0.976. The maximum atomic E-state index is 11.7. The molecule has 0 aromatic rings. The Balaban J connectivity index is 2.22. The van der Waals surface area contributed by atoms with Crippen LogP contribution in [-0.4, -0.2) is 29.2 Å². The van der Waals surface area contributed by atoms with Crippen molar-refractivity contribution in [1.82, 2.24) is 4.90 Å². The topological polar surface area (TPSA) is 37.4 Å². The third-order valence-corrected chi connectivity index (χ3v) is 3.16. The summed E-state index contributed by atoms with van der Waals surface area (Å²) in [7, 11) is 0. The summed E-state index contributed by atoms with van der Waals surface area (Å²) in [4.78, 5) is 25.2. The lowest BCUT2D eigenvalue weighted by Gasteiger charge is -2.27. The van der Waals surface area contributed by atoms with Gasteiger partial charge in [-0.25, -0.2) is 0 Å². The zero-order valence-electron chi connectivity index (χ0n) is 7.95. The van der Waals surface area contributed by atoms with E-state index in [1.165, 1.54) is 0 Å². The molecule has 0 spiro atoms. The number of piperidine rings is 1. The van der Waals surface area contributed by atoms with Crippen LogP contribution in [0.5, 0.6) is 0 Å². The van der Waals surface area contributed by atoms with Gasteiger partial charge in [-0.1, -0.05) is 6.92 Å². The average molecular weight is 181 g/mol. The first-order chi connectivity index (χ1) is 6.25. The van der Waals surface area contributed by atoms with Crippen LogP contribution in [0, 0.1) is 5.92 Å². The number of Topliss-reactive ketones (excluding diaryl/α,β-unsaturated/α-hetero) is 1. The van der Waals surface area contributed by atoms with Crippen LogP contribution in [0.1, 0.15) is 32.6 Å². The number of fused-ring (bicyclic) bond motifs is 1. The molecule has 1 amide bonds. The number of ketones is 1. The number of amides is 1. The summed E-state index contributed by atoms with van der Waals surface area (Å²) < 4.78 is 0. The number of hydrogen-bond acceptors (Lipinski definition) is 2. The van der Waals surface area contributed by atoms with Gasteiger partial charge < -0.3 is 4.90 Å². The van der Waals surface area contributed by atoms with Crippen molar-refractivity contribution in [3.05, 3.63) is 0 Å². The Labute approximate surface area is 78.1 Å². The van der Waals surface area contributed by atoms with Gasteiger partial charge in [-0.15, -0.1) is 0 Å². The Morgan fingerprint density at radius 2 is 2.15 bits per heavy atom. The quantitative estimate of drug-likeness (QED) is 0.565. The van der Waals surface area contributed by atoms with Crippen LogP contribution >= 0.6 is 0 Å². The number of hydrogen-bond donors (Lipinski definition) is 0. The van der Waals surface area contributed by atoms with Crippen molar-refractivity contribution in [2.45, 2.75) is 38.6 Å². The highest BCUT2D eigenvalue weighted by atomic mass is 16.2. The van der Waals surface area contributed by atoms with Gasteiger partial charge in [0.05, 0.1) is 12.0 Å². The van der Waals surface area contributed by atoms with Gasteiger partial charge in [0.25, 0.3) is 0 Å². The summed E-state index contributed by atoms with van der Waals surface area (Å²) in [6, 6.07) is -0.0637. The second kappa shape index (κ2) is 3.13. The molecular weight excluding hydrogens is 166 g/mol. The lowest BCUT2D eigenvalue weighted by atomic mass is 9.97. The van der Waals surface area contributed by atoms with Gasteiger partial charge in [-0.05, 0) is 25.7 Å². The average Bonchev–Trinajstić information content (AvgIpc) is 2.41. The Morgan fingerprint density at radius 1 is 1.38 bits per heavy atom. The molecule has 2 aliphatic heterocycles. The highest BCUT2D eigenvalue weighted by Crippen LogP contribution is 2.30. The normalized spacial score (nSPS) is 33.8. The maximum Gasteiger partial charge on any atom is 0.233 e. The minimum Gasteiger partial charge on any atom is -0.332 e. The number of rotatable bonds is 1. The van der Waals surface area contributed by atoms with Crippen molar-refractivity contribution < 1.29 is 9.59 Å². The van der Waals surface area contributed by atoms with E-state index in [1.54, 1.807) is 4.90 Å². The summed E-state index contributed by atoms with van der Waals surface area (Å²) in [5.41, 5.74) is 0. The highest BCUT2D eigenvalue weighted by molar-refractivity contribution is 6.10. The Bertz CT molecular complexity index is 225. The minimum absolute atomic E-state index is 0.0637. The minimum atomic E-state index is -0.317. The van der Waals surface area contributed by atoms with Crippen LogP contribution in [0.2, 0.25) is 0 Å². The molecule has 2 unspecified atom stereocenters. The molecule has 0 aliphatic carbocycles. The van der Waals surface area contributed by atoms with Crippen LogP contribution in [0.25, 0.3) is 0 Å². The van der Waals surface area contributed by atoms with E-state index in [1.807, 2.05) is 6.92 Å². The summed E-state index contributed by atoms with van der Waals surface area (Å²) >= 11 is 0. The Morgan fingerprint density at radius 3 is 2.77 bits per heavy atom.